The topological polar surface area (TPSA) is 57.7 Å². The van der Waals surface area contributed by atoms with Gasteiger partial charge in [0.1, 0.15) is 6.29 Å². The highest BCUT2D eigenvalue weighted by molar-refractivity contribution is 6.38. The molecule has 5 nitrogen and oxygen atoms in total. The number of nitrogens with zero attached hydrogens (tertiary/aromatic N) is 2. The Morgan fingerprint density at radius 2 is 1.60 bits per heavy atom. The number of amides is 1. The first-order chi connectivity index (χ1) is 17.0. The Bertz CT molecular complexity index is 1250. The van der Waals surface area contributed by atoms with Crippen LogP contribution in [-0.4, -0.2) is 40.9 Å². The van der Waals surface area contributed by atoms with Gasteiger partial charge < -0.3 is 9.80 Å². The van der Waals surface area contributed by atoms with Gasteiger partial charge >= 0.3 is 0 Å². The summed E-state index contributed by atoms with van der Waals surface area (Å²) in [5, 5.41) is 0. The molecular formula is C30H30N2O3. The summed E-state index contributed by atoms with van der Waals surface area (Å²) in [4.78, 5) is 42.5. The van der Waals surface area contributed by atoms with Crippen molar-refractivity contribution in [1.29, 1.82) is 0 Å². The first-order valence-electron chi connectivity index (χ1n) is 12.0. The smallest absolute Gasteiger partial charge is 0.231 e. The Kier molecular flexibility index (Phi) is 7.25. The van der Waals surface area contributed by atoms with E-state index in [1.165, 1.54) is 0 Å². The van der Waals surface area contributed by atoms with Crippen molar-refractivity contribution in [1.82, 2.24) is 9.80 Å². The zero-order valence-electron chi connectivity index (χ0n) is 20.4. The van der Waals surface area contributed by atoms with Gasteiger partial charge in [-0.1, -0.05) is 72.8 Å². The summed E-state index contributed by atoms with van der Waals surface area (Å²) in [7, 11) is 0. The van der Waals surface area contributed by atoms with Crippen LogP contribution in [0.1, 0.15) is 38.3 Å². The normalized spacial score (nSPS) is 19.1. The number of benzene rings is 2. The van der Waals surface area contributed by atoms with Gasteiger partial charge in [-0.2, -0.15) is 0 Å². The number of hydrogen-bond acceptors (Lipinski definition) is 4. The van der Waals surface area contributed by atoms with Crippen molar-refractivity contribution in [3.63, 3.8) is 0 Å². The molecule has 0 saturated heterocycles. The van der Waals surface area contributed by atoms with Crippen LogP contribution in [0.4, 0.5) is 0 Å². The zero-order chi connectivity index (χ0) is 24.9. The zero-order valence-corrected chi connectivity index (χ0v) is 20.4. The van der Waals surface area contributed by atoms with Gasteiger partial charge in [0.05, 0.1) is 22.9 Å². The minimum absolute atomic E-state index is 0.0155. The van der Waals surface area contributed by atoms with Gasteiger partial charge in [-0.05, 0) is 50.0 Å². The molecule has 0 N–H and O–H groups in total. The molecule has 0 spiro atoms. The van der Waals surface area contributed by atoms with E-state index in [0.29, 0.717) is 42.1 Å². The molecule has 1 amide bonds. The SMILES string of the molecule is CCN(CC)C(=O)C1CC=C2C(=O)C(c3ccccc3)=C(c3ccccc3)N2C1=CC=C(C)C=O. The van der Waals surface area contributed by atoms with E-state index in [2.05, 4.69) is 0 Å². The molecule has 5 heteroatoms. The van der Waals surface area contributed by atoms with Crippen molar-refractivity contribution in [2.24, 2.45) is 5.92 Å². The second kappa shape index (κ2) is 10.5. The van der Waals surface area contributed by atoms with E-state index in [9.17, 15) is 14.4 Å². The van der Waals surface area contributed by atoms with Crippen molar-refractivity contribution >= 4 is 29.2 Å². The average molecular weight is 467 g/mol. The van der Waals surface area contributed by atoms with E-state index in [-0.39, 0.29) is 11.7 Å². The van der Waals surface area contributed by atoms with Crippen LogP contribution in [0, 0.1) is 5.92 Å². The van der Waals surface area contributed by atoms with E-state index >= 15 is 0 Å². The largest absolute Gasteiger partial charge is 0.343 e. The minimum atomic E-state index is -0.462. The van der Waals surface area contributed by atoms with E-state index < -0.39 is 5.92 Å². The molecule has 0 saturated carbocycles. The molecule has 0 radical (unpaired) electrons. The fourth-order valence-corrected chi connectivity index (χ4v) is 4.70. The van der Waals surface area contributed by atoms with Crippen molar-refractivity contribution in [3.8, 4) is 0 Å². The fraction of sp³-hybridized carbons (Fsp3) is 0.233. The second-order valence-corrected chi connectivity index (χ2v) is 8.63. The molecule has 35 heavy (non-hydrogen) atoms. The molecule has 1 atom stereocenters. The van der Waals surface area contributed by atoms with Gasteiger partial charge in [-0.3, -0.25) is 14.4 Å². The molecular weight excluding hydrogens is 436 g/mol. The lowest BCUT2D eigenvalue weighted by Crippen LogP contribution is -2.41. The summed E-state index contributed by atoms with van der Waals surface area (Å²) in [6, 6.07) is 19.4. The van der Waals surface area contributed by atoms with Crippen LogP contribution in [0.5, 0.6) is 0 Å². The first kappa shape index (κ1) is 24.1. The molecule has 0 aromatic heterocycles. The maximum atomic E-state index is 13.8. The van der Waals surface area contributed by atoms with Gasteiger partial charge in [0.2, 0.25) is 11.7 Å². The van der Waals surface area contributed by atoms with E-state index in [1.54, 1.807) is 13.0 Å². The molecule has 178 valence electrons. The first-order valence-corrected chi connectivity index (χ1v) is 12.0. The number of rotatable bonds is 7. The van der Waals surface area contributed by atoms with E-state index in [4.69, 9.17) is 0 Å². The van der Waals surface area contributed by atoms with Gasteiger partial charge in [-0.25, -0.2) is 0 Å². The number of carbonyl (C=O) groups excluding carboxylic acids is 3. The highest BCUT2D eigenvalue weighted by Gasteiger charge is 2.44. The molecule has 2 aromatic carbocycles. The Balaban J connectivity index is 1.98. The number of fused-ring (bicyclic) bond motifs is 1. The van der Waals surface area contributed by atoms with Crippen LogP contribution >= 0.6 is 0 Å². The monoisotopic (exact) mass is 466 g/mol. The van der Waals surface area contributed by atoms with Gasteiger partial charge in [0.25, 0.3) is 0 Å². The predicted octanol–water partition coefficient (Wildman–Crippen LogP) is 5.24. The molecule has 2 aliphatic heterocycles. The lowest BCUT2D eigenvalue weighted by atomic mass is 9.92. The number of ketones is 1. The Morgan fingerprint density at radius 1 is 1.00 bits per heavy atom. The Hall–Kier alpha value is -3.99. The van der Waals surface area contributed by atoms with Crippen molar-refractivity contribution in [2.45, 2.75) is 27.2 Å². The Morgan fingerprint density at radius 3 is 2.17 bits per heavy atom. The molecule has 4 rings (SSSR count). The highest BCUT2D eigenvalue weighted by atomic mass is 16.2. The summed E-state index contributed by atoms with van der Waals surface area (Å²) < 4.78 is 0. The molecule has 2 aromatic rings. The van der Waals surface area contributed by atoms with Crippen LogP contribution in [0.2, 0.25) is 0 Å². The van der Waals surface area contributed by atoms with Crippen molar-refractivity contribution in [3.05, 3.63) is 107 Å². The van der Waals surface area contributed by atoms with Gasteiger partial charge in [0.15, 0.2) is 0 Å². The standard InChI is InChI=1S/C30H30N2O3/c1-4-31(5-2)30(35)24-17-19-26-29(34)27(22-12-8-6-9-13-22)28(23-14-10-7-11-15-23)32(26)25(24)18-16-21(3)20-33/h6-16,18-20,24H,4-5,17H2,1-3H3. The number of carbonyl (C=O) groups is 3. The molecule has 2 heterocycles. The quantitative estimate of drug-likeness (QED) is 0.414. The lowest BCUT2D eigenvalue weighted by molar-refractivity contribution is -0.134. The Labute approximate surface area is 206 Å². The molecule has 1 unspecified atom stereocenters. The third-order valence-corrected chi connectivity index (χ3v) is 6.51. The average Bonchev–Trinajstić information content (AvgIpc) is 3.21. The maximum Gasteiger partial charge on any atom is 0.231 e. The molecule has 2 aliphatic rings. The van der Waals surface area contributed by atoms with Crippen LogP contribution < -0.4 is 0 Å². The highest BCUT2D eigenvalue weighted by Crippen LogP contribution is 2.47. The van der Waals surface area contributed by atoms with Crippen LogP contribution in [0.15, 0.2) is 95.9 Å². The summed E-state index contributed by atoms with van der Waals surface area (Å²) in [5.74, 6) is -0.511. The van der Waals surface area contributed by atoms with Gasteiger partial charge in [0, 0.05) is 18.8 Å². The van der Waals surface area contributed by atoms with E-state index in [0.717, 1.165) is 23.1 Å². The molecule has 0 fully saturated rings. The van der Waals surface area contributed by atoms with Crippen LogP contribution in [-0.2, 0) is 14.4 Å². The van der Waals surface area contributed by atoms with Crippen LogP contribution in [0.25, 0.3) is 11.3 Å². The number of allylic oxidation sites excluding steroid dienone is 5. The predicted molar refractivity (Wildman–Crippen MR) is 139 cm³/mol. The van der Waals surface area contributed by atoms with Gasteiger partial charge in [-0.15, -0.1) is 0 Å². The van der Waals surface area contributed by atoms with Crippen molar-refractivity contribution < 1.29 is 14.4 Å². The third kappa shape index (κ3) is 4.54. The molecule has 0 bridgehead atoms. The van der Waals surface area contributed by atoms with Crippen LogP contribution in [0.3, 0.4) is 0 Å². The summed E-state index contributed by atoms with van der Waals surface area (Å²) in [6.45, 7) is 6.87. The minimum Gasteiger partial charge on any atom is -0.343 e. The van der Waals surface area contributed by atoms with Crippen molar-refractivity contribution in [2.75, 3.05) is 13.1 Å². The summed E-state index contributed by atoms with van der Waals surface area (Å²) in [5.41, 5.74) is 4.89. The third-order valence-electron chi connectivity index (χ3n) is 6.51. The fourth-order valence-electron chi connectivity index (χ4n) is 4.70. The second-order valence-electron chi connectivity index (χ2n) is 8.63. The number of Topliss-reactive ketones (excluding diaryl/α,β-unsaturated/α-hetero) is 1. The lowest BCUT2D eigenvalue weighted by Gasteiger charge is -2.36. The number of aldehydes is 1. The summed E-state index contributed by atoms with van der Waals surface area (Å²) >= 11 is 0. The molecule has 0 aliphatic carbocycles. The van der Waals surface area contributed by atoms with E-state index in [1.807, 2.05) is 96.5 Å². The number of hydrogen-bond donors (Lipinski definition) is 0. The summed E-state index contributed by atoms with van der Waals surface area (Å²) in [6.07, 6.45) is 6.66. The maximum absolute atomic E-state index is 13.8.